The second kappa shape index (κ2) is 9.59. The molecule has 0 spiro atoms. The van der Waals surface area contributed by atoms with Crippen molar-refractivity contribution in [2.45, 2.75) is 38.9 Å². The number of carbonyl (C=O) groups excluding carboxylic acids is 2. The van der Waals surface area contributed by atoms with Crippen LogP contribution in [0.1, 0.15) is 37.9 Å². The summed E-state index contributed by atoms with van der Waals surface area (Å²) < 4.78 is 11.2. The van der Waals surface area contributed by atoms with E-state index in [-0.39, 0.29) is 25.0 Å². The second-order valence-corrected chi connectivity index (χ2v) is 9.38. The summed E-state index contributed by atoms with van der Waals surface area (Å²) in [7, 11) is 1.57. The maximum absolute atomic E-state index is 13.6. The van der Waals surface area contributed by atoms with E-state index in [9.17, 15) is 9.59 Å². The van der Waals surface area contributed by atoms with Gasteiger partial charge in [0.05, 0.1) is 7.11 Å². The first kappa shape index (κ1) is 23.4. The Morgan fingerprint density at radius 2 is 1.76 bits per heavy atom. The van der Waals surface area contributed by atoms with Crippen LogP contribution in [0, 0.1) is 0 Å². The zero-order valence-electron chi connectivity index (χ0n) is 20.0. The summed E-state index contributed by atoms with van der Waals surface area (Å²) in [6, 6.07) is 22.4. The van der Waals surface area contributed by atoms with Crippen LogP contribution in [-0.4, -0.2) is 36.0 Å². The lowest BCUT2D eigenvalue weighted by atomic mass is 9.97. The summed E-state index contributed by atoms with van der Waals surface area (Å²) in [4.78, 5) is 28.6. The molecule has 0 fully saturated rings. The summed E-state index contributed by atoms with van der Waals surface area (Å²) in [6.07, 6.45) is 0. The third kappa shape index (κ3) is 5.06. The molecule has 1 N–H and O–H groups in total. The van der Waals surface area contributed by atoms with Crippen LogP contribution in [0.3, 0.4) is 0 Å². The molecule has 1 unspecified atom stereocenters. The second-order valence-electron chi connectivity index (χ2n) is 9.38. The predicted molar refractivity (Wildman–Crippen MR) is 132 cm³/mol. The van der Waals surface area contributed by atoms with Crippen molar-refractivity contribution in [3.05, 3.63) is 83.9 Å². The van der Waals surface area contributed by atoms with Crippen molar-refractivity contribution in [2.24, 2.45) is 0 Å². The summed E-state index contributed by atoms with van der Waals surface area (Å²) in [5.74, 6) is 0.571. The molecule has 0 saturated carbocycles. The Morgan fingerprint density at radius 1 is 1.06 bits per heavy atom. The lowest BCUT2D eigenvalue weighted by Crippen LogP contribution is -2.49. The number of hydrogen-bond acceptors (Lipinski definition) is 4. The molecule has 176 valence electrons. The van der Waals surface area contributed by atoms with Crippen molar-refractivity contribution >= 4 is 11.8 Å². The van der Waals surface area contributed by atoms with Gasteiger partial charge in [-0.05, 0) is 55.7 Å². The summed E-state index contributed by atoms with van der Waals surface area (Å²) in [5, 5.41) is 3.05. The van der Waals surface area contributed by atoms with Gasteiger partial charge in [0.1, 0.15) is 17.5 Å². The topological polar surface area (TPSA) is 67.9 Å². The van der Waals surface area contributed by atoms with Gasteiger partial charge in [-0.2, -0.15) is 0 Å². The maximum atomic E-state index is 13.6. The Labute approximate surface area is 200 Å². The van der Waals surface area contributed by atoms with Crippen molar-refractivity contribution in [1.82, 2.24) is 10.2 Å². The molecule has 6 heteroatoms. The number of rotatable bonds is 5. The van der Waals surface area contributed by atoms with E-state index in [1.54, 1.807) is 30.2 Å². The van der Waals surface area contributed by atoms with E-state index in [1.807, 2.05) is 75.4 Å². The minimum atomic E-state index is -0.872. The third-order valence-electron chi connectivity index (χ3n) is 5.68. The van der Waals surface area contributed by atoms with E-state index < -0.39 is 11.6 Å². The molecule has 2 amide bonds. The summed E-state index contributed by atoms with van der Waals surface area (Å²) in [6.45, 7) is 5.86. The van der Waals surface area contributed by atoms with Crippen molar-refractivity contribution in [1.29, 1.82) is 0 Å². The van der Waals surface area contributed by atoms with Crippen molar-refractivity contribution in [3.8, 4) is 22.6 Å². The highest BCUT2D eigenvalue weighted by Gasteiger charge is 2.38. The maximum Gasteiger partial charge on any atom is 0.261 e. The van der Waals surface area contributed by atoms with Gasteiger partial charge >= 0.3 is 0 Å². The highest BCUT2D eigenvalue weighted by molar-refractivity contribution is 5.91. The molecular weight excluding hydrogens is 428 g/mol. The molecule has 0 radical (unpaired) electrons. The molecule has 6 nitrogen and oxygen atoms in total. The Balaban J connectivity index is 1.81. The van der Waals surface area contributed by atoms with E-state index in [0.717, 1.165) is 16.7 Å². The monoisotopic (exact) mass is 458 g/mol. The highest BCUT2D eigenvalue weighted by atomic mass is 16.5. The number of ether oxygens (including phenoxy) is 2. The molecule has 0 aliphatic carbocycles. The number of carbonyl (C=O) groups is 2. The van der Waals surface area contributed by atoms with Crippen LogP contribution < -0.4 is 14.8 Å². The number of fused-ring (bicyclic) bond motifs is 1. The number of nitrogens with zero attached hydrogens (tertiary/aromatic N) is 1. The normalized spacial score (nSPS) is 15.7. The Kier molecular flexibility index (Phi) is 6.59. The SMILES string of the molecule is COc1ccc2c(c1)C(C(=O)NC(C)(C)C)N(Cc1ccccc1-c1ccccc1)C(=O)CO2. The molecule has 4 rings (SSSR count). The first-order chi connectivity index (χ1) is 16.3. The minimum Gasteiger partial charge on any atom is -0.497 e. The highest BCUT2D eigenvalue weighted by Crippen LogP contribution is 2.37. The average molecular weight is 459 g/mol. The van der Waals surface area contributed by atoms with Crippen LogP contribution in [0.25, 0.3) is 11.1 Å². The molecule has 1 atom stereocenters. The fraction of sp³-hybridized carbons (Fsp3) is 0.286. The van der Waals surface area contributed by atoms with E-state index >= 15 is 0 Å². The van der Waals surface area contributed by atoms with Crippen LogP contribution in [0.15, 0.2) is 72.8 Å². The molecular formula is C28H30N2O4. The fourth-order valence-corrected chi connectivity index (χ4v) is 4.17. The van der Waals surface area contributed by atoms with Gasteiger partial charge < -0.3 is 19.7 Å². The van der Waals surface area contributed by atoms with Gasteiger partial charge in [-0.25, -0.2) is 0 Å². The quantitative estimate of drug-likeness (QED) is 0.600. The molecule has 0 bridgehead atoms. The average Bonchev–Trinajstić information content (AvgIpc) is 2.95. The lowest BCUT2D eigenvalue weighted by Gasteiger charge is -2.32. The van der Waals surface area contributed by atoms with Gasteiger partial charge in [0.25, 0.3) is 5.91 Å². The van der Waals surface area contributed by atoms with Gasteiger partial charge in [-0.1, -0.05) is 54.6 Å². The number of hydrogen-bond donors (Lipinski definition) is 1. The largest absolute Gasteiger partial charge is 0.497 e. The van der Waals surface area contributed by atoms with Crippen molar-refractivity contribution < 1.29 is 19.1 Å². The van der Waals surface area contributed by atoms with Crippen LogP contribution in [-0.2, 0) is 16.1 Å². The molecule has 3 aromatic rings. The fourth-order valence-electron chi connectivity index (χ4n) is 4.17. The minimum absolute atomic E-state index is 0.147. The third-order valence-corrected chi connectivity index (χ3v) is 5.68. The molecule has 1 heterocycles. The van der Waals surface area contributed by atoms with E-state index in [2.05, 4.69) is 5.32 Å². The van der Waals surface area contributed by atoms with Gasteiger partial charge in [0.15, 0.2) is 6.61 Å². The Hall–Kier alpha value is -3.80. The first-order valence-corrected chi connectivity index (χ1v) is 11.3. The molecule has 0 saturated heterocycles. The molecule has 0 aromatic heterocycles. The van der Waals surface area contributed by atoms with Crippen molar-refractivity contribution in [3.63, 3.8) is 0 Å². The Bertz CT molecular complexity index is 1180. The van der Waals surface area contributed by atoms with E-state index in [4.69, 9.17) is 9.47 Å². The van der Waals surface area contributed by atoms with Crippen LogP contribution in [0.5, 0.6) is 11.5 Å². The predicted octanol–water partition coefficient (Wildman–Crippen LogP) is 4.74. The molecule has 3 aromatic carbocycles. The lowest BCUT2D eigenvalue weighted by molar-refractivity contribution is -0.142. The Morgan fingerprint density at radius 3 is 2.47 bits per heavy atom. The van der Waals surface area contributed by atoms with Gasteiger partial charge in [0.2, 0.25) is 5.91 Å². The first-order valence-electron chi connectivity index (χ1n) is 11.3. The number of benzene rings is 3. The number of amides is 2. The number of methoxy groups -OCH3 is 1. The van der Waals surface area contributed by atoms with Gasteiger partial charge in [-0.15, -0.1) is 0 Å². The molecule has 1 aliphatic heterocycles. The van der Waals surface area contributed by atoms with E-state index in [1.165, 1.54) is 0 Å². The molecule has 34 heavy (non-hydrogen) atoms. The van der Waals surface area contributed by atoms with Crippen LogP contribution >= 0.6 is 0 Å². The van der Waals surface area contributed by atoms with E-state index in [0.29, 0.717) is 17.1 Å². The van der Waals surface area contributed by atoms with Crippen LogP contribution in [0.2, 0.25) is 0 Å². The standard InChI is InChI=1S/C28H30N2O4/c1-28(2,3)29-27(32)26-23-16-21(33-4)14-15-24(23)34-18-25(31)30(26)17-20-12-8-9-13-22(20)19-10-6-5-7-11-19/h5-16,26H,17-18H2,1-4H3,(H,29,32). The summed E-state index contributed by atoms with van der Waals surface area (Å²) >= 11 is 0. The zero-order valence-corrected chi connectivity index (χ0v) is 20.0. The van der Waals surface area contributed by atoms with Crippen LogP contribution in [0.4, 0.5) is 0 Å². The van der Waals surface area contributed by atoms with Gasteiger partial charge in [-0.3, -0.25) is 9.59 Å². The zero-order chi connectivity index (χ0) is 24.3. The smallest absolute Gasteiger partial charge is 0.261 e. The van der Waals surface area contributed by atoms with Gasteiger partial charge in [0, 0.05) is 17.6 Å². The van der Waals surface area contributed by atoms with Crippen molar-refractivity contribution in [2.75, 3.05) is 13.7 Å². The number of nitrogens with one attached hydrogen (secondary N) is 1. The molecule has 1 aliphatic rings. The summed E-state index contributed by atoms with van der Waals surface area (Å²) in [5.41, 5.74) is 3.14.